The summed E-state index contributed by atoms with van der Waals surface area (Å²) in [4.78, 5) is 11.7. The summed E-state index contributed by atoms with van der Waals surface area (Å²) in [5.74, 6) is -2.51. The lowest BCUT2D eigenvalue weighted by molar-refractivity contribution is 0.0946. The van der Waals surface area contributed by atoms with E-state index in [4.69, 9.17) is 4.74 Å². The second-order valence-electron chi connectivity index (χ2n) is 4.19. The first-order valence-electron chi connectivity index (χ1n) is 6.18. The van der Waals surface area contributed by atoms with E-state index in [0.717, 1.165) is 12.1 Å². The van der Waals surface area contributed by atoms with Crippen LogP contribution in [-0.2, 0) is 0 Å². The van der Waals surface area contributed by atoms with E-state index in [1.54, 1.807) is 0 Å². The Morgan fingerprint density at radius 1 is 1.00 bits per heavy atom. The van der Waals surface area contributed by atoms with Crippen molar-refractivity contribution in [3.8, 4) is 5.75 Å². The highest BCUT2D eigenvalue weighted by molar-refractivity contribution is 5.94. The highest BCUT2D eigenvalue weighted by Gasteiger charge is 2.09. The first kappa shape index (κ1) is 14.9. The predicted molar refractivity (Wildman–Crippen MR) is 70.6 cm³/mol. The summed E-state index contributed by atoms with van der Waals surface area (Å²) in [6.07, 6.45) is 0. The number of carbonyl (C=O) groups excluding carboxylic acids is 1. The quantitative estimate of drug-likeness (QED) is 0.861. The van der Waals surface area contributed by atoms with E-state index in [-0.39, 0.29) is 24.5 Å². The zero-order valence-electron chi connectivity index (χ0n) is 10.9. The number of ether oxygens (including phenoxy) is 1. The summed E-state index contributed by atoms with van der Waals surface area (Å²) in [5, 5.41) is 2.50. The standard InChI is InChI=1S/C15H12F3NO2/c16-11-2-4-12(5-3-11)21-8-7-19-15(20)10-1-6-13(17)14(18)9-10/h1-6,9H,7-8H2,(H,19,20). The first-order chi connectivity index (χ1) is 10.1. The molecule has 0 atom stereocenters. The summed E-state index contributed by atoms with van der Waals surface area (Å²) in [6.45, 7) is 0.344. The maximum absolute atomic E-state index is 13.0. The molecular formula is C15H12F3NO2. The van der Waals surface area contributed by atoms with Gasteiger partial charge in [-0.1, -0.05) is 0 Å². The molecule has 110 valence electrons. The van der Waals surface area contributed by atoms with Crippen LogP contribution in [0.2, 0.25) is 0 Å². The Morgan fingerprint density at radius 2 is 1.71 bits per heavy atom. The van der Waals surface area contributed by atoms with E-state index in [2.05, 4.69) is 5.32 Å². The molecule has 0 saturated carbocycles. The molecule has 0 aliphatic carbocycles. The topological polar surface area (TPSA) is 38.3 Å². The zero-order chi connectivity index (χ0) is 15.2. The Morgan fingerprint density at radius 3 is 2.38 bits per heavy atom. The van der Waals surface area contributed by atoms with Crippen LogP contribution in [0.15, 0.2) is 42.5 Å². The molecule has 0 spiro atoms. The molecule has 0 unspecified atom stereocenters. The summed E-state index contributed by atoms with van der Waals surface area (Å²) in [7, 11) is 0. The van der Waals surface area contributed by atoms with Crippen LogP contribution < -0.4 is 10.1 Å². The molecule has 0 saturated heterocycles. The lowest BCUT2D eigenvalue weighted by Gasteiger charge is -2.08. The highest BCUT2D eigenvalue weighted by Crippen LogP contribution is 2.11. The molecular weight excluding hydrogens is 283 g/mol. The van der Waals surface area contributed by atoms with Gasteiger partial charge >= 0.3 is 0 Å². The average Bonchev–Trinajstić information content (AvgIpc) is 2.48. The normalized spacial score (nSPS) is 10.2. The molecule has 0 bridgehead atoms. The SMILES string of the molecule is O=C(NCCOc1ccc(F)cc1)c1ccc(F)c(F)c1. The molecule has 3 nitrogen and oxygen atoms in total. The monoisotopic (exact) mass is 295 g/mol. The van der Waals surface area contributed by atoms with Gasteiger partial charge in [0, 0.05) is 5.56 Å². The van der Waals surface area contributed by atoms with E-state index in [9.17, 15) is 18.0 Å². The fraction of sp³-hybridized carbons (Fsp3) is 0.133. The van der Waals surface area contributed by atoms with E-state index in [1.165, 1.54) is 30.3 Å². The first-order valence-corrected chi connectivity index (χ1v) is 6.18. The minimum absolute atomic E-state index is 0.0238. The average molecular weight is 295 g/mol. The number of hydrogen-bond donors (Lipinski definition) is 1. The lowest BCUT2D eigenvalue weighted by Crippen LogP contribution is -2.28. The molecule has 0 aromatic heterocycles. The van der Waals surface area contributed by atoms with E-state index in [1.807, 2.05) is 0 Å². The van der Waals surface area contributed by atoms with Crippen molar-refractivity contribution in [2.45, 2.75) is 0 Å². The van der Waals surface area contributed by atoms with Crippen molar-refractivity contribution >= 4 is 5.91 Å². The van der Waals surface area contributed by atoms with Crippen LogP contribution >= 0.6 is 0 Å². The summed E-state index contributed by atoms with van der Waals surface area (Å²) in [6, 6.07) is 8.35. The van der Waals surface area contributed by atoms with Gasteiger partial charge < -0.3 is 10.1 Å². The van der Waals surface area contributed by atoms with Gasteiger partial charge in [0.2, 0.25) is 0 Å². The molecule has 0 aliphatic heterocycles. The molecule has 2 aromatic rings. The third-order valence-electron chi connectivity index (χ3n) is 2.65. The van der Waals surface area contributed by atoms with Gasteiger partial charge in [0.1, 0.15) is 18.2 Å². The van der Waals surface area contributed by atoms with Crippen molar-refractivity contribution < 1.29 is 22.7 Å². The van der Waals surface area contributed by atoms with Crippen molar-refractivity contribution in [2.75, 3.05) is 13.2 Å². The van der Waals surface area contributed by atoms with Gasteiger partial charge in [-0.15, -0.1) is 0 Å². The van der Waals surface area contributed by atoms with Crippen molar-refractivity contribution in [3.05, 3.63) is 65.5 Å². The fourth-order valence-electron chi connectivity index (χ4n) is 1.60. The molecule has 0 fully saturated rings. The van der Waals surface area contributed by atoms with Crippen LogP contribution in [0.3, 0.4) is 0 Å². The van der Waals surface area contributed by atoms with Gasteiger partial charge in [-0.25, -0.2) is 13.2 Å². The van der Waals surface area contributed by atoms with E-state index in [0.29, 0.717) is 5.75 Å². The van der Waals surface area contributed by atoms with E-state index >= 15 is 0 Å². The minimum Gasteiger partial charge on any atom is -0.492 e. The molecule has 21 heavy (non-hydrogen) atoms. The Hall–Kier alpha value is -2.50. The smallest absolute Gasteiger partial charge is 0.251 e. The Bertz CT molecular complexity index is 629. The van der Waals surface area contributed by atoms with Crippen molar-refractivity contribution in [2.24, 2.45) is 0 Å². The second-order valence-corrected chi connectivity index (χ2v) is 4.19. The number of nitrogens with one attached hydrogen (secondary N) is 1. The Labute approximate surface area is 119 Å². The van der Waals surface area contributed by atoms with Crippen LogP contribution in [0.5, 0.6) is 5.75 Å². The minimum atomic E-state index is -1.08. The lowest BCUT2D eigenvalue weighted by atomic mass is 10.2. The van der Waals surface area contributed by atoms with Crippen LogP contribution in [0.1, 0.15) is 10.4 Å². The number of carbonyl (C=O) groups is 1. The van der Waals surface area contributed by atoms with Gasteiger partial charge in [-0.3, -0.25) is 4.79 Å². The summed E-state index contributed by atoms with van der Waals surface area (Å²) < 4.78 is 43.6. The highest BCUT2D eigenvalue weighted by atomic mass is 19.2. The van der Waals surface area contributed by atoms with Crippen LogP contribution in [0.25, 0.3) is 0 Å². The van der Waals surface area contributed by atoms with Gasteiger partial charge in [0.25, 0.3) is 5.91 Å². The molecule has 2 rings (SSSR count). The molecule has 0 heterocycles. The van der Waals surface area contributed by atoms with Crippen molar-refractivity contribution in [1.29, 1.82) is 0 Å². The number of amides is 1. The number of benzene rings is 2. The summed E-state index contributed by atoms with van der Waals surface area (Å²) >= 11 is 0. The fourth-order valence-corrected chi connectivity index (χ4v) is 1.60. The van der Waals surface area contributed by atoms with Gasteiger partial charge in [0.15, 0.2) is 11.6 Å². The van der Waals surface area contributed by atoms with E-state index < -0.39 is 17.5 Å². The largest absolute Gasteiger partial charge is 0.492 e. The van der Waals surface area contributed by atoms with Crippen molar-refractivity contribution in [3.63, 3.8) is 0 Å². The molecule has 1 N–H and O–H groups in total. The maximum atomic E-state index is 13.0. The molecule has 2 aromatic carbocycles. The predicted octanol–water partition coefficient (Wildman–Crippen LogP) is 2.91. The van der Waals surface area contributed by atoms with Crippen LogP contribution in [-0.4, -0.2) is 19.1 Å². The maximum Gasteiger partial charge on any atom is 0.251 e. The third kappa shape index (κ3) is 4.24. The number of halogens is 3. The second kappa shape index (κ2) is 6.78. The molecule has 0 aliphatic rings. The van der Waals surface area contributed by atoms with Crippen LogP contribution in [0, 0.1) is 17.5 Å². The van der Waals surface area contributed by atoms with Crippen molar-refractivity contribution in [1.82, 2.24) is 5.32 Å². The molecule has 0 radical (unpaired) electrons. The summed E-state index contributed by atoms with van der Waals surface area (Å²) in [5.41, 5.74) is 0.0238. The third-order valence-corrected chi connectivity index (χ3v) is 2.65. The van der Waals surface area contributed by atoms with Gasteiger partial charge in [0.05, 0.1) is 6.54 Å². The Balaban J connectivity index is 1.79. The molecule has 6 heteroatoms. The number of rotatable bonds is 5. The van der Waals surface area contributed by atoms with Gasteiger partial charge in [-0.2, -0.15) is 0 Å². The Kier molecular flexibility index (Phi) is 4.81. The number of hydrogen-bond acceptors (Lipinski definition) is 2. The zero-order valence-corrected chi connectivity index (χ0v) is 10.9. The van der Waals surface area contributed by atoms with Crippen LogP contribution in [0.4, 0.5) is 13.2 Å². The van der Waals surface area contributed by atoms with Gasteiger partial charge in [-0.05, 0) is 42.5 Å². The molecule has 1 amide bonds.